The Morgan fingerprint density at radius 3 is 2.63 bits per heavy atom. The van der Waals surface area contributed by atoms with E-state index < -0.39 is 0 Å². The largest absolute Gasteiger partial charge is 0.491 e. The summed E-state index contributed by atoms with van der Waals surface area (Å²) in [4.78, 5) is 12.1. The highest BCUT2D eigenvalue weighted by Crippen LogP contribution is 2.36. The number of carbonyl (C=O) groups excluding carboxylic acids is 1. The monoisotopic (exact) mass is 418 g/mol. The molecular weight excluding hydrogens is 403 g/mol. The van der Waals surface area contributed by atoms with E-state index in [2.05, 4.69) is 11.4 Å². The maximum absolute atomic E-state index is 12.1. The normalized spacial score (nSPS) is 16.6. The lowest BCUT2D eigenvalue weighted by atomic mass is 9.87. The molecule has 0 bridgehead atoms. The first-order valence-electron chi connectivity index (χ1n) is 8.28. The van der Waals surface area contributed by atoms with E-state index in [1.807, 2.05) is 24.3 Å². The zero-order chi connectivity index (χ0) is 19.2. The van der Waals surface area contributed by atoms with E-state index in [1.165, 1.54) is 11.8 Å². The molecule has 1 atom stereocenters. The Kier molecular flexibility index (Phi) is 6.68. The van der Waals surface area contributed by atoms with Crippen molar-refractivity contribution in [1.29, 1.82) is 5.26 Å². The van der Waals surface area contributed by atoms with Crippen LogP contribution >= 0.6 is 35.0 Å². The van der Waals surface area contributed by atoms with Crippen LogP contribution in [0.25, 0.3) is 0 Å². The van der Waals surface area contributed by atoms with Gasteiger partial charge in [-0.25, -0.2) is 0 Å². The van der Waals surface area contributed by atoms with Crippen molar-refractivity contribution in [2.75, 3.05) is 12.4 Å². The molecule has 0 saturated heterocycles. The molecule has 7 heteroatoms. The standard InChI is InChI=1S/C20H16Cl2N2O2S/c21-14-7-5-13(6-8-14)15-11-19(25)24-20(16(15)12-23)27-10-9-26-18-4-2-1-3-17(18)22/h1-8,15H,9-11H2,(H,24,25)/t15-/m1/s1. The summed E-state index contributed by atoms with van der Waals surface area (Å²) < 4.78 is 5.66. The first-order chi connectivity index (χ1) is 13.1. The van der Waals surface area contributed by atoms with E-state index in [0.717, 1.165) is 5.56 Å². The van der Waals surface area contributed by atoms with Gasteiger partial charge in [0.2, 0.25) is 5.91 Å². The molecule has 0 aromatic heterocycles. The zero-order valence-corrected chi connectivity index (χ0v) is 16.6. The quantitative estimate of drug-likeness (QED) is 0.659. The van der Waals surface area contributed by atoms with Gasteiger partial charge in [0.05, 0.1) is 28.3 Å². The van der Waals surface area contributed by atoms with E-state index in [9.17, 15) is 10.1 Å². The molecule has 1 amide bonds. The van der Waals surface area contributed by atoms with Crippen molar-refractivity contribution in [2.45, 2.75) is 12.3 Å². The smallest absolute Gasteiger partial charge is 0.225 e. The Bertz CT molecular complexity index is 907. The number of amides is 1. The molecule has 0 aliphatic carbocycles. The van der Waals surface area contributed by atoms with Gasteiger partial charge in [-0.15, -0.1) is 11.8 Å². The summed E-state index contributed by atoms with van der Waals surface area (Å²) in [5.74, 6) is 0.803. The number of hydrogen-bond donors (Lipinski definition) is 1. The van der Waals surface area contributed by atoms with E-state index >= 15 is 0 Å². The lowest BCUT2D eigenvalue weighted by molar-refractivity contribution is -0.120. The van der Waals surface area contributed by atoms with Crippen LogP contribution in [0, 0.1) is 11.3 Å². The van der Waals surface area contributed by atoms with Gasteiger partial charge in [-0.3, -0.25) is 4.79 Å². The number of carbonyl (C=O) groups is 1. The highest BCUT2D eigenvalue weighted by atomic mass is 35.5. The average molecular weight is 419 g/mol. The molecule has 2 aromatic carbocycles. The number of para-hydroxylation sites is 1. The second-order valence-electron chi connectivity index (χ2n) is 5.84. The van der Waals surface area contributed by atoms with Gasteiger partial charge >= 0.3 is 0 Å². The molecule has 0 unspecified atom stereocenters. The van der Waals surface area contributed by atoms with Crippen molar-refractivity contribution >= 4 is 40.9 Å². The van der Waals surface area contributed by atoms with Gasteiger partial charge in [0.1, 0.15) is 5.75 Å². The van der Waals surface area contributed by atoms with Gasteiger partial charge in [0.25, 0.3) is 0 Å². The number of benzene rings is 2. The van der Waals surface area contributed by atoms with Gasteiger partial charge in [-0.1, -0.05) is 47.5 Å². The van der Waals surface area contributed by atoms with Gasteiger partial charge in [0, 0.05) is 23.1 Å². The van der Waals surface area contributed by atoms with E-state index in [-0.39, 0.29) is 18.2 Å². The van der Waals surface area contributed by atoms with Crippen LogP contribution < -0.4 is 10.1 Å². The minimum atomic E-state index is -0.270. The highest BCUT2D eigenvalue weighted by molar-refractivity contribution is 8.03. The zero-order valence-electron chi connectivity index (χ0n) is 14.2. The maximum Gasteiger partial charge on any atom is 0.225 e. The minimum absolute atomic E-state index is 0.108. The number of nitrogens with zero attached hydrogens (tertiary/aromatic N) is 1. The molecule has 3 rings (SSSR count). The van der Waals surface area contributed by atoms with Crippen molar-refractivity contribution < 1.29 is 9.53 Å². The van der Waals surface area contributed by atoms with Crippen molar-refractivity contribution in [1.82, 2.24) is 5.32 Å². The number of allylic oxidation sites excluding steroid dienone is 1. The van der Waals surface area contributed by atoms with Crippen molar-refractivity contribution in [3.8, 4) is 11.8 Å². The first kappa shape index (κ1) is 19.6. The second kappa shape index (κ2) is 9.18. The summed E-state index contributed by atoms with van der Waals surface area (Å²) in [5.41, 5.74) is 1.45. The Hall–Kier alpha value is -2.13. The summed E-state index contributed by atoms with van der Waals surface area (Å²) in [6, 6.07) is 16.7. The topological polar surface area (TPSA) is 62.1 Å². The predicted molar refractivity (Wildman–Crippen MR) is 109 cm³/mol. The molecule has 138 valence electrons. The van der Waals surface area contributed by atoms with Crippen LogP contribution in [0.2, 0.25) is 10.0 Å². The lowest BCUT2D eigenvalue weighted by Crippen LogP contribution is -2.31. The first-order valence-corrected chi connectivity index (χ1v) is 10.0. The van der Waals surface area contributed by atoms with Crippen LogP contribution in [-0.2, 0) is 4.79 Å². The molecule has 0 saturated carbocycles. The third kappa shape index (κ3) is 4.98. The lowest BCUT2D eigenvalue weighted by Gasteiger charge is -2.25. The number of ether oxygens (including phenoxy) is 1. The van der Waals surface area contributed by atoms with Gasteiger partial charge in [0.15, 0.2) is 0 Å². The molecule has 0 spiro atoms. The summed E-state index contributed by atoms with van der Waals surface area (Å²) >= 11 is 13.4. The van der Waals surface area contributed by atoms with E-state index in [1.54, 1.807) is 24.3 Å². The fourth-order valence-electron chi connectivity index (χ4n) is 2.77. The Morgan fingerprint density at radius 1 is 1.19 bits per heavy atom. The number of nitriles is 1. The molecule has 1 aliphatic rings. The van der Waals surface area contributed by atoms with Gasteiger partial charge < -0.3 is 10.1 Å². The summed E-state index contributed by atoms with van der Waals surface area (Å²) in [5, 5.41) is 14.2. The van der Waals surface area contributed by atoms with Crippen molar-refractivity contribution in [3.05, 3.63) is 74.7 Å². The number of rotatable bonds is 6. The molecule has 0 radical (unpaired) electrons. The fraction of sp³-hybridized carbons (Fsp3) is 0.200. The molecule has 1 aliphatic heterocycles. The minimum Gasteiger partial charge on any atom is -0.491 e. The number of nitrogens with one attached hydrogen (secondary N) is 1. The Balaban J connectivity index is 1.70. The van der Waals surface area contributed by atoms with Crippen molar-refractivity contribution in [3.63, 3.8) is 0 Å². The molecule has 2 aromatic rings. The molecule has 0 fully saturated rings. The highest BCUT2D eigenvalue weighted by Gasteiger charge is 2.29. The number of halogens is 2. The van der Waals surface area contributed by atoms with Crippen LogP contribution in [0.4, 0.5) is 0 Å². The summed E-state index contributed by atoms with van der Waals surface area (Å²) in [6.07, 6.45) is 0.241. The van der Waals surface area contributed by atoms with E-state index in [4.69, 9.17) is 27.9 Å². The summed E-state index contributed by atoms with van der Waals surface area (Å²) in [6.45, 7) is 0.401. The Morgan fingerprint density at radius 2 is 1.93 bits per heavy atom. The van der Waals surface area contributed by atoms with Crippen LogP contribution in [0.1, 0.15) is 17.9 Å². The molecule has 1 heterocycles. The van der Waals surface area contributed by atoms with Gasteiger partial charge in [-0.2, -0.15) is 5.26 Å². The predicted octanol–water partition coefficient (Wildman–Crippen LogP) is 5.14. The number of hydrogen-bond acceptors (Lipinski definition) is 4. The third-order valence-electron chi connectivity index (χ3n) is 4.05. The van der Waals surface area contributed by atoms with Crippen LogP contribution in [0.5, 0.6) is 5.75 Å². The maximum atomic E-state index is 12.1. The van der Waals surface area contributed by atoms with Gasteiger partial charge in [-0.05, 0) is 29.8 Å². The van der Waals surface area contributed by atoms with Crippen molar-refractivity contribution in [2.24, 2.45) is 0 Å². The average Bonchev–Trinajstić information content (AvgIpc) is 2.66. The second-order valence-corrected chi connectivity index (χ2v) is 7.79. The third-order valence-corrected chi connectivity index (χ3v) is 5.60. The van der Waals surface area contributed by atoms with Crippen LogP contribution in [0.15, 0.2) is 59.1 Å². The SMILES string of the molecule is N#CC1=C(SCCOc2ccccc2Cl)NC(=O)C[C@@H]1c1ccc(Cl)cc1. The Labute approximate surface area is 172 Å². The fourth-order valence-corrected chi connectivity index (χ4v) is 3.99. The molecule has 4 nitrogen and oxygen atoms in total. The van der Waals surface area contributed by atoms with Crippen LogP contribution in [-0.4, -0.2) is 18.3 Å². The number of thioether (sulfide) groups is 1. The molecule has 27 heavy (non-hydrogen) atoms. The summed E-state index contributed by atoms with van der Waals surface area (Å²) in [7, 11) is 0. The van der Waals surface area contributed by atoms with E-state index in [0.29, 0.717) is 38.8 Å². The van der Waals surface area contributed by atoms with Crippen LogP contribution in [0.3, 0.4) is 0 Å². The molecule has 1 N–H and O–H groups in total. The molecular formula is C20H16Cl2N2O2S.